The second-order valence-electron chi connectivity index (χ2n) is 7.55. The van der Waals surface area contributed by atoms with Crippen molar-refractivity contribution in [3.63, 3.8) is 0 Å². The Hall–Kier alpha value is -2.67. The van der Waals surface area contributed by atoms with Crippen LogP contribution in [0.25, 0.3) is 6.08 Å². The van der Waals surface area contributed by atoms with E-state index in [4.69, 9.17) is 14.2 Å². The van der Waals surface area contributed by atoms with Gasteiger partial charge >= 0.3 is 0 Å². The highest BCUT2D eigenvalue weighted by atomic mass is 16.5. The smallest absolute Gasteiger partial charge is 0.231 e. The van der Waals surface area contributed by atoms with E-state index in [1.54, 1.807) is 6.08 Å². The van der Waals surface area contributed by atoms with E-state index in [1.165, 1.54) is 0 Å². The quantitative estimate of drug-likeness (QED) is 0.746. The van der Waals surface area contributed by atoms with Crippen LogP contribution < -0.4 is 9.47 Å². The van der Waals surface area contributed by atoms with Gasteiger partial charge in [-0.3, -0.25) is 14.6 Å². The van der Waals surface area contributed by atoms with Gasteiger partial charge in [0.2, 0.25) is 5.78 Å². The van der Waals surface area contributed by atoms with Crippen molar-refractivity contribution in [2.45, 2.75) is 6.54 Å². The standard InChI is InChI=1S/C23H24N2O4/c26-22-18-6-7-20-19(23(18)29-21(22)14-17-4-2-1-3-5-17)15-25(16-28-20)9-8-24-10-12-27-13-11-24/h1-7,14H,8-13,15-16H2. The number of allylic oxidation sites excluding steroid dienone is 1. The lowest BCUT2D eigenvalue weighted by Crippen LogP contribution is -2.43. The number of fused-ring (bicyclic) bond motifs is 3. The van der Waals surface area contributed by atoms with E-state index in [0.717, 1.165) is 62.8 Å². The minimum Gasteiger partial charge on any atom is -0.478 e. The van der Waals surface area contributed by atoms with E-state index >= 15 is 0 Å². The third-order valence-electron chi connectivity index (χ3n) is 5.62. The Morgan fingerprint density at radius 3 is 2.59 bits per heavy atom. The molecule has 0 unspecified atom stereocenters. The van der Waals surface area contributed by atoms with Crippen molar-refractivity contribution in [1.82, 2.24) is 9.80 Å². The summed E-state index contributed by atoms with van der Waals surface area (Å²) in [5.74, 6) is 1.74. The lowest BCUT2D eigenvalue weighted by Gasteiger charge is -2.33. The SMILES string of the molecule is O=C1C(=Cc2ccccc2)Oc2c1ccc1c2CN(CCN2CCOCC2)CO1. The monoisotopic (exact) mass is 392 g/mol. The van der Waals surface area contributed by atoms with Crippen molar-refractivity contribution >= 4 is 11.9 Å². The van der Waals surface area contributed by atoms with Gasteiger partial charge in [-0.25, -0.2) is 0 Å². The largest absolute Gasteiger partial charge is 0.478 e. The summed E-state index contributed by atoms with van der Waals surface area (Å²) in [5.41, 5.74) is 2.52. The molecule has 0 aromatic heterocycles. The molecule has 1 saturated heterocycles. The van der Waals surface area contributed by atoms with Gasteiger partial charge in [-0.2, -0.15) is 0 Å². The van der Waals surface area contributed by atoms with Crippen LogP contribution in [0.3, 0.4) is 0 Å². The third-order valence-corrected chi connectivity index (χ3v) is 5.62. The molecule has 0 spiro atoms. The molecule has 3 aliphatic rings. The van der Waals surface area contributed by atoms with Crippen LogP contribution >= 0.6 is 0 Å². The van der Waals surface area contributed by atoms with Gasteiger partial charge in [-0.05, 0) is 23.8 Å². The minimum absolute atomic E-state index is 0.0721. The minimum atomic E-state index is -0.0721. The first-order chi connectivity index (χ1) is 14.3. The van der Waals surface area contributed by atoms with Gasteiger partial charge in [0.25, 0.3) is 0 Å². The molecule has 5 rings (SSSR count). The second kappa shape index (κ2) is 7.99. The molecular formula is C23H24N2O4. The van der Waals surface area contributed by atoms with E-state index < -0.39 is 0 Å². The molecule has 3 heterocycles. The van der Waals surface area contributed by atoms with Gasteiger partial charge in [0.15, 0.2) is 5.76 Å². The molecule has 29 heavy (non-hydrogen) atoms. The number of morpholine rings is 1. The fourth-order valence-corrected chi connectivity index (χ4v) is 3.96. The number of ether oxygens (including phenoxy) is 3. The van der Waals surface area contributed by atoms with Crippen molar-refractivity contribution in [2.75, 3.05) is 46.1 Å². The summed E-state index contributed by atoms with van der Waals surface area (Å²) in [7, 11) is 0. The zero-order valence-electron chi connectivity index (χ0n) is 16.3. The van der Waals surface area contributed by atoms with Gasteiger partial charge in [0, 0.05) is 32.7 Å². The average Bonchev–Trinajstić information content (AvgIpc) is 3.09. The molecule has 6 heteroatoms. The molecule has 0 amide bonds. The Labute approximate surface area is 170 Å². The molecule has 150 valence electrons. The molecule has 0 bridgehead atoms. The van der Waals surface area contributed by atoms with Crippen molar-refractivity contribution in [3.8, 4) is 11.5 Å². The molecule has 0 radical (unpaired) electrons. The fourth-order valence-electron chi connectivity index (χ4n) is 3.96. The van der Waals surface area contributed by atoms with Crippen LogP contribution in [0.5, 0.6) is 11.5 Å². The maximum Gasteiger partial charge on any atom is 0.231 e. The van der Waals surface area contributed by atoms with Crippen LogP contribution in [-0.2, 0) is 11.3 Å². The Morgan fingerprint density at radius 1 is 0.966 bits per heavy atom. The summed E-state index contributed by atoms with van der Waals surface area (Å²) >= 11 is 0. The molecule has 0 atom stereocenters. The van der Waals surface area contributed by atoms with Crippen LogP contribution in [-0.4, -0.2) is 61.7 Å². The van der Waals surface area contributed by atoms with Crippen molar-refractivity contribution < 1.29 is 19.0 Å². The summed E-state index contributed by atoms with van der Waals surface area (Å²) in [4.78, 5) is 17.5. The van der Waals surface area contributed by atoms with Gasteiger partial charge in [0.1, 0.15) is 18.2 Å². The lowest BCUT2D eigenvalue weighted by atomic mass is 10.0. The van der Waals surface area contributed by atoms with Crippen molar-refractivity contribution in [3.05, 3.63) is 64.9 Å². The molecule has 0 saturated carbocycles. The average molecular weight is 392 g/mol. The normalized spacial score (nSPS) is 20.8. The predicted molar refractivity (Wildman–Crippen MR) is 109 cm³/mol. The van der Waals surface area contributed by atoms with Crippen LogP contribution in [0.15, 0.2) is 48.2 Å². The summed E-state index contributed by atoms with van der Waals surface area (Å²) in [6.45, 7) is 6.72. The summed E-state index contributed by atoms with van der Waals surface area (Å²) in [5, 5.41) is 0. The summed E-state index contributed by atoms with van der Waals surface area (Å²) < 4.78 is 17.4. The second-order valence-corrected chi connectivity index (χ2v) is 7.55. The predicted octanol–water partition coefficient (Wildman–Crippen LogP) is 2.79. The molecule has 2 aromatic rings. The third kappa shape index (κ3) is 3.79. The molecule has 2 aromatic carbocycles. The highest BCUT2D eigenvalue weighted by Gasteiger charge is 2.33. The first-order valence-electron chi connectivity index (χ1n) is 10.1. The van der Waals surface area contributed by atoms with Gasteiger partial charge in [-0.1, -0.05) is 30.3 Å². The summed E-state index contributed by atoms with van der Waals surface area (Å²) in [6.07, 6.45) is 1.80. The number of ketones is 1. The highest BCUT2D eigenvalue weighted by Crippen LogP contribution is 2.41. The highest BCUT2D eigenvalue weighted by molar-refractivity contribution is 6.15. The Kier molecular flexibility index (Phi) is 5.06. The molecule has 0 N–H and O–H groups in total. The van der Waals surface area contributed by atoms with E-state index in [9.17, 15) is 4.79 Å². The Balaban J connectivity index is 1.33. The zero-order chi connectivity index (χ0) is 19.6. The number of hydrogen-bond acceptors (Lipinski definition) is 6. The van der Waals surface area contributed by atoms with Crippen molar-refractivity contribution in [1.29, 1.82) is 0 Å². The first kappa shape index (κ1) is 18.4. The number of carbonyl (C=O) groups excluding carboxylic acids is 1. The first-order valence-corrected chi connectivity index (χ1v) is 10.1. The van der Waals surface area contributed by atoms with E-state index in [0.29, 0.717) is 23.8 Å². The number of hydrogen-bond donors (Lipinski definition) is 0. The van der Waals surface area contributed by atoms with E-state index in [2.05, 4.69) is 9.80 Å². The maximum atomic E-state index is 12.8. The Morgan fingerprint density at radius 2 is 1.76 bits per heavy atom. The summed E-state index contributed by atoms with van der Waals surface area (Å²) in [6, 6.07) is 13.5. The van der Waals surface area contributed by atoms with Gasteiger partial charge in [0.05, 0.1) is 24.3 Å². The van der Waals surface area contributed by atoms with Crippen LogP contribution in [0, 0.1) is 0 Å². The topological polar surface area (TPSA) is 51.2 Å². The molecule has 0 aliphatic carbocycles. The fraction of sp³-hybridized carbons (Fsp3) is 0.348. The van der Waals surface area contributed by atoms with E-state index in [-0.39, 0.29) is 5.78 Å². The maximum absolute atomic E-state index is 12.8. The molecule has 6 nitrogen and oxygen atoms in total. The molecule has 1 fully saturated rings. The van der Waals surface area contributed by atoms with E-state index in [1.807, 2.05) is 42.5 Å². The van der Waals surface area contributed by atoms with Gasteiger partial charge < -0.3 is 14.2 Å². The number of benzene rings is 2. The van der Waals surface area contributed by atoms with Crippen LogP contribution in [0.2, 0.25) is 0 Å². The number of nitrogens with zero attached hydrogens (tertiary/aromatic N) is 2. The number of Topliss-reactive ketones (excluding diaryl/α,β-unsaturated/α-hetero) is 1. The zero-order valence-corrected chi connectivity index (χ0v) is 16.3. The van der Waals surface area contributed by atoms with Crippen LogP contribution in [0.4, 0.5) is 0 Å². The number of carbonyl (C=O) groups is 1. The number of rotatable bonds is 4. The molecular weight excluding hydrogens is 368 g/mol. The lowest BCUT2D eigenvalue weighted by molar-refractivity contribution is 0.0239. The van der Waals surface area contributed by atoms with Crippen LogP contribution in [0.1, 0.15) is 21.5 Å². The Bertz CT molecular complexity index is 935. The van der Waals surface area contributed by atoms with Gasteiger partial charge in [-0.15, -0.1) is 0 Å². The van der Waals surface area contributed by atoms with Crippen molar-refractivity contribution in [2.24, 2.45) is 0 Å². The molecule has 3 aliphatic heterocycles.